The van der Waals surface area contributed by atoms with Crippen LogP contribution >= 0.6 is 0 Å². The van der Waals surface area contributed by atoms with E-state index in [-0.39, 0.29) is 0 Å². The molecule has 1 N–H and O–H groups in total. The summed E-state index contributed by atoms with van der Waals surface area (Å²) >= 11 is 0. The van der Waals surface area contributed by atoms with Gasteiger partial charge in [0.2, 0.25) is 0 Å². The van der Waals surface area contributed by atoms with Gasteiger partial charge in [0.25, 0.3) is 0 Å². The van der Waals surface area contributed by atoms with E-state index < -0.39 is 0 Å². The van der Waals surface area contributed by atoms with Crippen LogP contribution in [0.25, 0.3) is 28.0 Å². The summed E-state index contributed by atoms with van der Waals surface area (Å²) in [7, 11) is 0. The first-order valence-electron chi connectivity index (χ1n) is 11.0. The first-order chi connectivity index (χ1) is 14.9. The molecule has 3 heteroatoms. The summed E-state index contributed by atoms with van der Waals surface area (Å²) in [6.45, 7) is 0.760. The number of nitrogens with one attached hydrogen (secondary N) is 1. The molecule has 1 fully saturated rings. The monoisotopic (exact) mass is 393 g/mol. The van der Waals surface area contributed by atoms with E-state index in [1.165, 1.54) is 59.5 Å². The van der Waals surface area contributed by atoms with Gasteiger partial charge in [0.05, 0.1) is 6.54 Å². The number of hydrogen-bond acceptors (Lipinski definition) is 3. The van der Waals surface area contributed by atoms with Crippen LogP contribution in [-0.4, -0.2) is 19.1 Å². The molecule has 2 aliphatic carbocycles. The molecule has 0 spiro atoms. The molecule has 1 heterocycles. The van der Waals surface area contributed by atoms with Gasteiger partial charge in [-0.15, -0.1) is 0 Å². The molecule has 1 saturated carbocycles. The van der Waals surface area contributed by atoms with Crippen LogP contribution in [0, 0.1) is 5.92 Å². The van der Waals surface area contributed by atoms with Crippen molar-refractivity contribution in [3.05, 3.63) is 77.9 Å². The fraction of sp³-hybridized carbons (Fsp3) is 0.259. The molecular formula is C27H27N3. The Morgan fingerprint density at radius 1 is 0.867 bits per heavy atom. The van der Waals surface area contributed by atoms with Crippen molar-refractivity contribution in [1.29, 1.82) is 0 Å². The highest BCUT2D eigenvalue weighted by molar-refractivity contribution is 6.03. The molecule has 0 bridgehead atoms. The summed E-state index contributed by atoms with van der Waals surface area (Å²) in [6, 6.07) is 22.3. The van der Waals surface area contributed by atoms with Crippen LogP contribution in [0.4, 0.5) is 0 Å². The van der Waals surface area contributed by atoms with Gasteiger partial charge >= 0.3 is 0 Å². The summed E-state index contributed by atoms with van der Waals surface area (Å²) in [4.78, 5) is 3.70. The molecule has 1 aliphatic heterocycles. The van der Waals surface area contributed by atoms with Crippen LogP contribution in [0.5, 0.6) is 0 Å². The van der Waals surface area contributed by atoms with Crippen molar-refractivity contribution in [3.63, 3.8) is 0 Å². The van der Waals surface area contributed by atoms with E-state index in [9.17, 15) is 0 Å². The van der Waals surface area contributed by atoms with E-state index in [0.29, 0.717) is 0 Å². The third-order valence-corrected chi connectivity index (χ3v) is 6.44. The topological polar surface area (TPSA) is 36.8 Å². The highest BCUT2D eigenvalue weighted by Crippen LogP contribution is 2.46. The van der Waals surface area contributed by atoms with Crippen molar-refractivity contribution in [3.8, 4) is 11.1 Å². The molecule has 6 rings (SSSR count). The van der Waals surface area contributed by atoms with Gasteiger partial charge in [0.1, 0.15) is 6.34 Å². The predicted molar refractivity (Wildman–Crippen MR) is 128 cm³/mol. The highest BCUT2D eigenvalue weighted by atomic mass is 15.3. The maximum Gasteiger partial charge on any atom is 0.134 e. The molecule has 3 aromatic rings. The van der Waals surface area contributed by atoms with Crippen molar-refractivity contribution in [2.24, 2.45) is 16.0 Å². The summed E-state index contributed by atoms with van der Waals surface area (Å²) in [5, 5.41) is 6.39. The normalized spacial score (nSPS) is 21.2. The van der Waals surface area contributed by atoms with E-state index in [1.54, 1.807) is 11.8 Å². The van der Waals surface area contributed by atoms with Crippen molar-refractivity contribution >= 4 is 29.4 Å². The van der Waals surface area contributed by atoms with E-state index in [1.807, 2.05) is 0 Å². The summed E-state index contributed by atoms with van der Waals surface area (Å²) in [5.41, 5.74) is 8.43. The molecule has 3 nitrogen and oxygen atoms in total. The lowest BCUT2D eigenvalue weighted by Crippen LogP contribution is -2.19. The van der Waals surface area contributed by atoms with Crippen LogP contribution < -0.4 is 5.43 Å². The molecule has 0 aromatic heterocycles. The number of allylic oxidation sites excluding steroid dienone is 1. The number of aliphatic imine (C=N–C) groups is 1. The number of hydrazone groups is 1. The fourth-order valence-corrected chi connectivity index (χ4v) is 5.05. The molecule has 0 amide bonds. The summed E-state index contributed by atoms with van der Waals surface area (Å²) < 4.78 is 0. The predicted octanol–water partition coefficient (Wildman–Crippen LogP) is 6.41. The van der Waals surface area contributed by atoms with Gasteiger partial charge in [-0.25, -0.2) is 4.99 Å². The number of benzene rings is 3. The van der Waals surface area contributed by atoms with Gasteiger partial charge in [-0.3, -0.25) is 0 Å². The Morgan fingerprint density at radius 3 is 2.53 bits per heavy atom. The van der Waals surface area contributed by atoms with Crippen molar-refractivity contribution in [2.45, 2.75) is 31.6 Å². The number of hydrogen-bond donors (Lipinski definition) is 1. The van der Waals surface area contributed by atoms with Crippen LogP contribution in [-0.2, 0) is 0 Å². The lowest BCUT2D eigenvalue weighted by molar-refractivity contribution is 0.360. The lowest BCUT2D eigenvalue weighted by atomic mass is 9.70. The zero-order chi connectivity index (χ0) is 20.2. The Balaban J connectivity index is 0.000000279. The maximum absolute atomic E-state index is 3.70. The van der Waals surface area contributed by atoms with Crippen molar-refractivity contribution < 1.29 is 0 Å². The zero-order valence-corrected chi connectivity index (χ0v) is 17.2. The molecule has 2 atom stereocenters. The molecule has 150 valence electrons. The third kappa shape index (κ3) is 3.68. The lowest BCUT2D eigenvalue weighted by Gasteiger charge is -2.34. The van der Waals surface area contributed by atoms with Crippen LogP contribution in [0.3, 0.4) is 0 Å². The van der Waals surface area contributed by atoms with E-state index >= 15 is 0 Å². The van der Waals surface area contributed by atoms with E-state index in [0.717, 1.165) is 18.4 Å². The van der Waals surface area contributed by atoms with Gasteiger partial charge in [-0.1, -0.05) is 85.7 Å². The first kappa shape index (κ1) is 18.8. The smallest absolute Gasteiger partial charge is 0.134 e. The molecule has 30 heavy (non-hydrogen) atoms. The molecule has 3 aliphatic rings. The molecule has 0 radical (unpaired) electrons. The number of nitrogens with zero attached hydrogens (tertiary/aromatic N) is 2. The van der Waals surface area contributed by atoms with Crippen molar-refractivity contribution in [2.75, 3.05) is 6.54 Å². The number of fused-ring (bicyclic) bond motifs is 5. The van der Waals surface area contributed by atoms with Gasteiger partial charge in [0.15, 0.2) is 0 Å². The first-order valence-corrected chi connectivity index (χ1v) is 11.0. The van der Waals surface area contributed by atoms with E-state index in [4.69, 9.17) is 0 Å². The highest BCUT2D eigenvalue weighted by Gasteiger charge is 2.29. The Labute approximate surface area is 178 Å². The van der Waals surface area contributed by atoms with E-state index in [2.05, 4.69) is 88.3 Å². The quantitative estimate of drug-likeness (QED) is 0.509. The largest absolute Gasteiger partial charge is 0.303 e. The minimum absolute atomic E-state index is 0.729. The van der Waals surface area contributed by atoms with Crippen LogP contribution in [0.15, 0.2) is 76.8 Å². The fourth-order valence-electron chi connectivity index (χ4n) is 5.05. The van der Waals surface area contributed by atoms with Crippen LogP contribution in [0.1, 0.15) is 42.7 Å². The molecule has 2 unspecified atom stereocenters. The van der Waals surface area contributed by atoms with Gasteiger partial charge < -0.3 is 5.43 Å². The molecular weight excluding hydrogens is 366 g/mol. The van der Waals surface area contributed by atoms with Crippen molar-refractivity contribution in [1.82, 2.24) is 5.43 Å². The second-order valence-corrected chi connectivity index (χ2v) is 8.19. The van der Waals surface area contributed by atoms with Gasteiger partial charge in [-0.2, -0.15) is 5.10 Å². The minimum Gasteiger partial charge on any atom is -0.303 e. The third-order valence-electron chi connectivity index (χ3n) is 6.44. The SMILES string of the molecule is C1=CC2CCCCC2c2ccc3cccc(-c4ccccc4)c3c21.C1=NC=NNC1. The standard InChI is InChI=1S/C24H22.C3H5N3/c1-2-7-17(8-3-1)21-12-6-10-19-14-15-22-20-11-5-4-9-18(20)13-16-23(22)24(19)21;1-2-5-6-3-4-1/h1-3,6-8,10,12-16,18,20H,4-5,9,11H2;1,3,5H,2H2. The Morgan fingerprint density at radius 2 is 1.77 bits per heavy atom. The average Bonchev–Trinajstić information content (AvgIpc) is 2.85. The van der Waals surface area contributed by atoms with Crippen LogP contribution in [0.2, 0.25) is 0 Å². The second-order valence-electron chi connectivity index (χ2n) is 8.19. The summed E-state index contributed by atoms with van der Waals surface area (Å²) in [6.07, 6.45) is 13.6. The molecule has 3 aromatic carbocycles. The van der Waals surface area contributed by atoms with Gasteiger partial charge in [0, 0.05) is 6.21 Å². The second kappa shape index (κ2) is 8.66. The summed E-state index contributed by atoms with van der Waals surface area (Å²) in [5.74, 6) is 1.49. The Kier molecular flexibility index (Phi) is 5.43. The maximum atomic E-state index is 3.70. The van der Waals surface area contributed by atoms with Gasteiger partial charge in [-0.05, 0) is 57.7 Å². The minimum atomic E-state index is 0.729. The Hall–Kier alpha value is -3.20. The molecule has 0 saturated heterocycles. The zero-order valence-electron chi connectivity index (χ0n) is 17.2. The Bertz CT molecular complexity index is 1100. The number of rotatable bonds is 1. The average molecular weight is 394 g/mol.